The third-order valence-electron chi connectivity index (χ3n) is 3.11. The first-order valence-corrected chi connectivity index (χ1v) is 7.99. The Labute approximate surface area is 131 Å². The van der Waals surface area contributed by atoms with E-state index in [0.717, 1.165) is 0 Å². The minimum absolute atomic E-state index is 0.176. The maximum Gasteiger partial charge on any atom is 0.327 e. The van der Waals surface area contributed by atoms with E-state index in [-0.39, 0.29) is 11.3 Å². The van der Waals surface area contributed by atoms with Gasteiger partial charge in [0.15, 0.2) is 0 Å². The van der Waals surface area contributed by atoms with E-state index >= 15 is 0 Å². The van der Waals surface area contributed by atoms with Crippen molar-refractivity contribution in [3.8, 4) is 5.75 Å². The number of benzene rings is 2. The number of hydrogen-bond acceptors (Lipinski definition) is 5. The number of carboxylic acids is 1. The third kappa shape index (κ3) is 3.96. The van der Waals surface area contributed by atoms with Crippen LogP contribution in [0.2, 0.25) is 0 Å². The number of carbonyl (C=O) groups is 2. The predicted octanol–water partition coefficient (Wildman–Crippen LogP) is 0.616. The van der Waals surface area contributed by atoms with Crippen LogP contribution in [-0.2, 0) is 14.9 Å². The molecule has 4 N–H and O–H groups in total. The summed E-state index contributed by atoms with van der Waals surface area (Å²) >= 11 is 0. The van der Waals surface area contributed by atoms with E-state index in [9.17, 15) is 23.1 Å². The summed E-state index contributed by atoms with van der Waals surface area (Å²) in [6.45, 7) is 0. The Morgan fingerprint density at radius 2 is 1.78 bits per heavy atom. The molecule has 23 heavy (non-hydrogen) atoms. The highest BCUT2D eigenvalue weighted by Crippen LogP contribution is 2.27. The molecule has 0 aromatic heterocycles. The Morgan fingerprint density at radius 1 is 1.13 bits per heavy atom. The molecule has 2 rings (SSSR count). The average molecular weight is 339 g/mol. The number of fused-ring (bicyclic) bond motifs is 1. The van der Waals surface area contributed by atoms with E-state index < -0.39 is 33.8 Å². The van der Waals surface area contributed by atoms with Crippen LogP contribution in [0.5, 0.6) is 5.75 Å². The summed E-state index contributed by atoms with van der Waals surface area (Å²) in [4.78, 5) is 23.3. The van der Waals surface area contributed by atoms with E-state index in [2.05, 4.69) is 0 Å². The fourth-order valence-electron chi connectivity index (χ4n) is 2.11. The maximum absolute atomic E-state index is 12.3. The highest BCUT2D eigenvalue weighted by atomic mass is 32.2. The van der Waals surface area contributed by atoms with Gasteiger partial charge in [0.1, 0.15) is 17.5 Å². The first-order chi connectivity index (χ1) is 10.7. The molecule has 0 aliphatic heterocycles. The second-order valence-corrected chi connectivity index (χ2v) is 6.29. The zero-order valence-corrected chi connectivity index (χ0v) is 12.4. The summed E-state index contributed by atoms with van der Waals surface area (Å²) < 4.78 is 30.4. The van der Waals surface area contributed by atoms with Crippen molar-refractivity contribution in [3.63, 3.8) is 0 Å². The van der Waals surface area contributed by atoms with Crippen molar-refractivity contribution in [2.75, 3.05) is 5.75 Å². The minimum Gasteiger partial charge on any atom is -0.507 e. The fraction of sp³-hybridized carbons (Fsp3) is 0.143. The maximum atomic E-state index is 12.3. The summed E-state index contributed by atoms with van der Waals surface area (Å²) in [6.07, 6.45) is 0. The molecule has 0 radical (unpaired) electrons. The van der Waals surface area contributed by atoms with Gasteiger partial charge < -0.3 is 15.5 Å². The first-order valence-electron chi connectivity index (χ1n) is 6.38. The van der Waals surface area contributed by atoms with Crippen LogP contribution in [0.25, 0.3) is 10.8 Å². The molecular weight excluding hydrogens is 326 g/mol. The van der Waals surface area contributed by atoms with Crippen LogP contribution in [0.4, 0.5) is 0 Å². The second-order valence-electron chi connectivity index (χ2n) is 4.79. The number of carboxylic acid groups (broad SMARTS) is 1. The van der Waals surface area contributed by atoms with E-state index in [1.54, 1.807) is 30.3 Å². The molecular formula is C14H13NO7S. The van der Waals surface area contributed by atoms with E-state index in [1.165, 1.54) is 6.07 Å². The van der Waals surface area contributed by atoms with Gasteiger partial charge in [0.2, 0.25) is 0 Å². The van der Waals surface area contributed by atoms with Crippen LogP contribution in [0.3, 0.4) is 0 Å². The molecule has 8 nitrogen and oxygen atoms in total. The highest BCUT2D eigenvalue weighted by Gasteiger charge is 2.27. The Hall–Kier alpha value is -2.65. The lowest BCUT2D eigenvalue weighted by Gasteiger charge is -2.15. The molecule has 2 aromatic carbocycles. The van der Waals surface area contributed by atoms with Gasteiger partial charge in [-0.3, -0.25) is 9.35 Å². The second kappa shape index (κ2) is 6.23. The van der Waals surface area contributed by atoms with Gasteiger partial charge in [-0.25, -0.2) is 4.79 Å². The van der Waals surface area contributed by atoms with Crippen molar-refractivity contribution in [1.82, 2.24) is 5.32 Å². The number of amides is 1. The van der Waals surface area contributed by atoms with Crippen LogP contribution in [0.15, 0.2) is 36.4 Å². The molecule has 0 saturated carbocycles. The molecule has 0 aliphatic rings. The standard InChI is InChI=1S/C14H13NO7S/c16-11-6-5-8-3-1-2-4-9(8)12(11)13(17)15-10(14(18)19)7-23(20,21)22/h1-6,10,16H,7H2,(H,15,17)(H,18,19)(H,20,21,22)/t10-/m0/s1. The van der Waals surface area contributed by atoms with Crippen LogP contribution in [-0.4, -0.2) is 46.9 Å². The van der Waals surface area contributed by atoms with Crippen LogP contribution >= 0.6 is 0 Å². The quantitative estimate of drug-likeness (QED) is 0.585. The Balaban J connectivity index is 2.40. The van der Waals surface area contributed by atoms with Gasteiger partial charge in [-0.1, -0.05) is 30.3 Å². The Morgan fingerprint density at radius 3 is 2.39 bits per heavy atom. The highest BCUT2D eigenvalue weighted by molar-refractivity contribution is 7.85. The molecule has 122 valence electrons. The van der Waals surface area contributed by atoms with Gasteiger partial charge in [0.05, 0.1) is 5.56 Å². The predicted molar refractivity (Wildman–Crippen MR) is 80.9 cm³/mol. The number of carbonyl (C=O) groups excluding carboxylic acids is 1. The molecule has 0 bridgehead atoms. The zero-order chi connectivity index (χ0) is 17.2. The van der Waals surface area contributed by atoms with Crippen LogP contribution in [0.1, 0.15) is 10.4 Å². The minimum atomic E-state index is -4.61. The first kappa shape index (κ1) is 16.7. The van der Waals surface area contributed by atoms with E-state index in [1.807, 2.05) is 5.32 Å². The monoisotopic (exact) mass is 339 g/mol. The number of nitrogens with one attached hydrogen (secondary N) is 1. The SMILES string of the molecule is O=C(N[C@@H](CS(=O)(=O)O)C(=O)O)c1c(O)ccc2ccccc12. The van der Waals surface area contributed by atoms with Crippen molar-refractivity contribution in [2.45, 2.75) is 6.04 Å². The smallest absolute Gasteiger partial charge is 0.327 e. The lowest BCUT2D eigenvalue weighted by molar-refractivity contribution is -0.138. The number of phenols is 1. The summed E-state index contributed by atoms with van der Waals surface area (Å²) in [5.74, 6) is -4.15. The molecule has 1 atom stereocenters. The number of phenolic OH excluding ortho intramolecular Hbond substituents is 1. The number of aromatic hydroxyl groups is 1. The molecule has 2 aromatic rings. The molecule has 9 heteroatoms. The van der Waals surface area contributed by atoms with Crippen LogP contribution in [0, 0.1) is 0 Å². The van der Waals surface area contributed by atoms with Gasteiger partial charge in [0.25, 0.3) is 16.0 Å². The molecule has 0 heterocycles. The average Bonchev–Trinajstić information content (AvgIpc) is 2.44. The van der Waals surface area contributed by atoms with Gasteiger partial charge in [-0.2, -0.15) is 8.42 Å². The molecule has 1 amide bonds. The largest absolute Gasteiger partial charge is 0.507 e. The topological polar surface area (TPSA) is 141 Å². The number of hydrogen-bond donors (Lipinski definition) is 4. The summed E-state index contributed by atoms with van der Waals surface area (Å²) in [5.41, 5.74) is -0.176. The van der Waals surface area contributed by atoms with Crippen molar-refractivity contribution in [1.29, 1.82) is 0 Å². The molecule has 0 fully saturated rings. The fourth-order valence-corrected chi connectivity index (χ4v) is 2.76. The molecule has 0 saturated heterocycles. The van der Waals surface area contributed by atoms with Gasteiger partial charge in [0, 0.05) is 0 Å². The number of rotatable bonds is 5. The van der Waals surface area contributed by atoms with Gasteiger partial charge in [-0.15, -0.1) is 0 Å². The zero-order valence-electron chi connectivity index (χ0n) is 11.6. The lowest BCUT2D eigenvalue weighted by Crippen LogP contribution is -2.45. The van der Waals surface area contributed by atoms with Crippen molar-refractivity contribution in [3.05, 3.63) is 42.0 Å². The Bertz CT molecular complexity index is 876. The summed E-state index contributed by atoms with van der Waals surface area (Å²) in [7, 11) is -4.61. The summed E-state index contributed by atoms with van der Waals surface area (Å²) in [5, 5.41) is 21.8. The van der Waals surface area contributed by atoms with E-state index in [0.29, 0.717) is 10.8 Å². The lowest BCUT2D eigenvalue weighted by atomic mass is 10.0. The molecule has 0 aliphatic carbocycles. The normalized spacial score (nSPS) is 12.7. The van der Waals surface area contributed by atoms with Gasteiger partial charge >= 0.3 is 5.97 Å². The van der Waals surface area contributed by atoms with Crippen LogP contribution < -0.4 is 5.32 Å². The van der Waals surface area contributed by atoms with Crippen molar-refractivity contribution >= 4 is 32.8 Å². The summed E-state index contributed by atoms with van der Waals surface area (Å²) in [6, 6.07) is 7.60. The number of aliphatic carboxylic acids is 1. The van der Waals surface area contributed by atoms with Crippen molar-refractivity contribution < 1.29 is 32.8 Å². The van der Waals surface area contributed by atoms with Gasteiger partial charge in [-0.05, 0) is 16.8 Å². The molecule has 0 spiro atoms. The Kier molecular flexibility index (Phi) is 4.52. The molecule has 0 unspecified atom stereocenters. The van der Waals surface area contributed by atoms with E-state index in [4.69, 9.17) is 9.66 Å². The third-order valence-corrected chi connectivity index (χ3v) is 3.87. The van der Waals surface area contributed by atoms with Crippen molar-refractivity contribution in [2.24, 2.45) is 0 Å².